The zero-order valence-corrected chi connectivity index (χ0v) is 16.4. The van der Waals surface area contributed by atoms with Gasteiger partial charge < -0.3 is 19.5 Å². The smallest absolute Gasteiger partial charge is 0.339 e. The van der Waals surface area contributed by atoms with Crippen LogP contribution in [0.25, 0.3) is 0 Å². The fraction of sp³-hybridized carbons (Fsp3) is 0.278. The van der Waals surface area contributed by atoms with Crippen LogP contribution in [0.3, 0.4) is 0 Å². The van der Waals surface area contributed by atoms with Crippen LogP contribution >= 0.6 is 23.2 Å². The number of methoxy groups -OCH3 is 1. The number of carbonyl (C=O) groups excluding carboxylic acids is 2. The fourth-order valence-corrected chi connectivity index (χ4v) is 2.51. The highest BCUT2D eigenvalue weighted by Gasteiger charge is 2.21. The van der Waals surface area contributed by atoms with Gasteiger partial charge in [0.25, 0.3) is 5.91 Å². The number of ether oxygens (including phenoxy) is 3. The van der Waals surface area contributed by atoms with Crippen molar-refractivity contribution in [3.8, 4) is 11.5 Å². The summed E-state index contributed by atoms with van der Waals surface area (Å²) in [6, 6.07) is 6.04. The van der Waals surface area contributed by atoms with Crippen LogP contribution in [0.1, 0.15) is 24.2 Å². The molecule has 27 heavy (non-hydrogen) atoms. The Bertz CT molecular complexity index is 844. The Morgan fingerprint density at radius 2 is 1.96 bits per heavy atom. The molecule has 0 saturated heterocycles. The van der Waals surface area contributed by atoms with Gasteiger partial charge in [0, 0.05) is 6.20 Å². The number of esters is 1. The Hall–Kier alpha value is -2.51. The maximum Gasteiger partial charge on any atom is 0.339 e. The molecule has 0 saturated carbocycles. The van der Waals surface area contributed by atoms with Gasteiger partial charge in [-0.15, -0.1) is 0 Å². The summed E-state index contributed by atoms with van der Waals surface area (Å²) in [5.74, 6) is -0.251. The molecule has 7 nitrogen and oxygen atoms in total. The van der Waals surface area contributed by atoms with Crippen molar-refractivity contribution in [3.63, 3.8) is 0 Å². The molecule has 1 atom stereocenters. The van der Waals surface area contributed by atoms with E-state index in [2.05, 4.69) is 10.3 Å². The molecule has 0 unspecified atom stereocenters. The van der Waals surface area contributed by atoms with E-state index in [1.807, 2.05) is 6.92 Å². The summed E-state index contributed by atoms with van der Waals surface area (Å²) in [4.78, 5) is 28.5. The molecule has 0 radical (unpaired) electrons. The summed E-state index contributed by atoms with van der Waals surface area (Å²) in [5.41, 5.74) is 0.224. The molecule has 1 N–H and O–H groups in total. The SMILES string of the molecule is CCOc1cc(C(=O)O[C@@H](C)C(=O)Nc2ncc(Cl)cc2Cl)ccc1OC. The molecular formula is C18H18Cl2N2O5. The van der Waals surface area contributed by atoms with Crippen LogP contribution < -0.4 is 14.8 Å². The first-order valence-electron chi connectivity index (χ1n) is 7.99. The van der Waals surface area contributed by atoms with Gasteiger partial charge in [0.05, 0.1) is 29.3 Å². The zero-order valence-electron chi connectivity index (χ0n) is 14.9. The maximum absolute atomic E-state index is 12.3. The molecule has 0 spiro atoms. The average molecular weight is 413 g/mol. The monoisotopic (exact) mass is 412 g/mol. The summed E-state index contributed by atoms with van der Waals surface area (Å²) in [7, 11) is 1.50. The summed E-state index contributed by atoms with van der Waals surface area (Å²) < 4.78 is 15.8. The molecular weight excluding hydrogens is 395 g/mol. The molecule has 0 bridgehead atoms. The molecule has 144 valence electrons. The highest BCUT2D eigenvalue weighted by molar-refractivity contribution is 6.36. The number of carbonyl (C=O) groups is 2. The molecule has 0 aliphatic rings. The number of benzene rings is 1. The van der Waals surface area contributed by atoms with E-state index in [4.69, 9.17) is 37.4 Å². The number of halogens is 2. The summed E-state index contributed by atoms with van der Waals surface area (Å²) in [6.45, 7) is 3.65. The highest BCUT2D eigenvalue weighted by Crippen LogP contribution is 2.28. The van der Waals surface area contributed by atoms with E-state index in [1.165, 1.54) is 38.4 Å². The Balaban J connectivity index is 2.06. The predicted octanol–water partition coefficient (Wildman–Crippen LogP) is 3.98. The van der Waals surface area contributed by atoms with Crippen LogP contribution in [-0.4, -0.2) is 36.7 Å². The van der Waals surface area contributed by atoms with E-state index in [0.29, 0.717) is 23.1 Å². The van der Waals surface area contributed by atoms with Crippen molar-refractivity contribution < 1.29 is 23.8 Å². The molecule has 1 aromatic heterocycles. The lowest BCUT2D eigenvalue weighted by atomic mass is 10.2. The van der Waals surface area contributed by atoms with Gasteiger partial charge in [-0.1, -0.05) is 23.2 Å². The lowest BCUT2D eigenvalue weighted by molar-refractivity contribution is -0.123. The van der Waals surface area contributed by atoms with Gasteiger partial charge in [-0.25, -0.2) is 9.78 Å². The van der Waals surface area contributed by atoms with Crippen molar-refractivity contribution in [1.29, 1.82) is 0 Å². The van der Waals surface area contributed by atoms with Crippen LogP contribution in [0.2, 0.25) is 10.0 Å². The van der Waals surface area contributed by atoms with Gasteiger partial charge in [0.15, 0.2) is 23.4 Å². The molecule has 0 fully saturated rings. The van der Waals surface area contributed by atoms with E-state index in [-0.39, 0.29) is 16.4 Å². The maximum atomic E-state index is 12.3. The molecule has 0 aliphatic carbocycles. The van der Waals surface area contributed by atoms with Crippen molar-refractivity contribution in [3.05, 3.63) is 46.1 Å². The highest BCUT2D eigenvalue weighted by atomic mass is 35.5. The molecule has 0 aliphatic heterocycles. The molecule has 1 amide bonds. The van der Waals surface area contributed by atoms with Gasteiger partial charge in [0.1, 0.15) is 0 Å². The number of anilines is 1. The lowest BCUT2D eigenvalue weighted by Gasteiger charge is -2.15. The van der Waals surface area contributed by atoms with E-state index in [1.54, 1.807) is 6.07 Å². The average Bonchev–Trinajstić information content (AvgIpc) is 2.64. The van der Waals surface area contributed by atoms with E-state index >= 15 is 0 Å². The van der Waals surface area contributed by atoms with Gasteiger partial charge in [-0.3, -0.25) is 4.79 Å². The first-order chi connectivity index (χ1) is 12.8. The number of nitrogens with zero attached hydrogens (tertiary/aromatic N) is 1. The third-order valence-corrected chi connectivity index (χ3v) is 3.90. The van der Waals surface area contributed by atoms with Crippen molar-refractivity contribution in [2.75, 3.05) is 19.0 Å². The number of amides is 1. The van der Waals surface area contributed by atoms with Crippen LogP contribution in [-0.2, 0) is 9.53 Å². The van der Waals surface area contributed by atoms with Crippen molar-refractivity contribution in [1.82, 2.24) is 4.98 Å². The zero-order chi connectivity index (χ0) is 20.0. The number of rotatable bonds is 7. The minimum absolute atomic E-state index is 0.122. The quantitative estimate of drug-likeness (QED) is 0.691. The number of hydrogen-bond donors (Lipinski definition) is 1. The number of aromatic nitrogens is 1. The van der Waals surface area contributed by atoms with Gasteiger partial charge in [0.2, 0.25) is 0 Å². The summed E-state index contributed by atoms with van der Waals surface area (Å²) in [5, 5.41) is 2.99. The normalized spacial score (nSPS) is 11.4. The van der Waals surface area contributed by atoms with E-state index < -0.39 is 18.0 Å². The molecule has 1 aromatic carbocycles. The van der Waals surface area contributed by atoms with Gasteiger partial charge in [-0.05, 0) is 38.1 Å². The molecule has 2 rings (SSSR count). The van der Waals surface area contributed by atoms with Gasteiger partial charge in [-0.2, -0.15) is 0 Å². The lowest BCUT2D eigenvalue weighted by Crippen LogP contribution is -2.30. The molecule has 1 heterocycles. The number of hydrogen-bond acceptors (Lipinski definition) is 6. The first kappa shape index (κ1) is 20.8. The number of nitrogens with one attached hydrogen (secondary N) is 1. The topological polar surface area (TPSA) is 86.8 Å². The Morgan fingerprint density at radius 1 is 1.22 bits per heavy atom. The number of pyridine rings is 1. The van der Waals surface area contributed by atoms with Gasteiger partial charge >= 0.3 is 5.97 Å². The van der Waals surface area contributed by atoms with Crippen LogP contribution in [0.4, 0.5) is 5.82 Å². The van der Waals surface area contributed by atoms with E-state index in [9.17, 15) is 9.59 Å². The third kappa shape index (κ3) is 5.48. The second-order valence-corrected chi connectivity index (χ2v) is 6.16. The van der Waals surface area contributed by atoms with Crippen molar-refractivity contribution >= 4 is 40.9 Å². The Labute approximate surface area is 166 Å². The minimum atomic E-state index is -1.08. The minimum Gasteiger partial charge on any atom is -0.493 e. The Kier molecular flexibility index (Phi) is 7.27. The van der Waals surface area contributed by atoms with Crippen LogP contribution in [0.15, 0.2) is 30.5 Å². The van der Waals surface area contributed by atoms with Crippen molar-refractivity contribution in [2.24, 2.45) is 0 Å². The first-order valence-corrected chi connectivity index (χ1v) is 8.75. The standard InChI is InChI=1S/C18H18Cl2N2O5/c1-4-26-15-7-11(5-6-14(15)25-3)18(24)27-10(2)17(23)22-16-13(20)8-12(19)9-21-16/h5-10H,4H2,1-3H3,(H,21,22,23)/t10-/m0/s1. The van der Waals surface area contributed by atoms with Crippen molar-refractivity contribution in [2.45, 2.75) is 20.0 Å². The van der Waals surface area contributed by atoms with Crippen LogP contribution in [0, 0.1) is 0 Å². The van der Waals surface area contributed by atoms with E-state index in [0.717, 1.165) is 0 Å². The summed E-state index contributed by atoms with van der Waals surface area (Å²) >= 11 is 11.7. The third-order valence-electron chi connectivity index (χ3n) is 3.40. The second kappa shape index (κ2) is 9.43. The molecule has 9 heteroatoms. The summed E-state index contributed by atoms with van der Waals surface area (Å²) in [6.07, 6.45) is 0.260. The van der Waals surface area contributed by atoms with Crippen LogP contribution in [0.5, 0.6) is 11.5 Å². The second-order valence-electron chi connectivity index (χ2n) is 5.32. The fourth-order valence-electron chi connectivity index (χ4n) is 2.08. The Morgan fingerprint density at radius 3 is 2.59 bits per heavy atom. The molecule has 2 aromatic rings. The predicted molar refractivity (Wildman–Crippen MR) is 102 cm³/mol. The largest absolute Gasteiger partial charge is 0.493 e.